The van der Waals surface area contributed by atoms with E-state index < -0.39 is 0 Å². The smallest absolute Gasteiger partial charge is 0.323 e. The maximum atomic E-state index is 11.8. The van der Waals surface area contributed by atoms with Crippen molar-refractivity contribution in [3.63, 3.8) is 0 Å². The van der Waals surface area contributed by atoms with Crippen LogP contribution in [0.5, 0.6) is 0 Å². The van der Waals surface area contributed by atoms with Crippen molar-refractivity contribution in [3.8, 4) is 0 Å². The minimum absolute atomic E-state index is 0.274. The number of amides is 2. The molecule has 4 nitrogen and oxygen atoms in total. The predicted molar refractivity (Wildman–Crippen MR) is 96.1 cm³/mol. The van der Waals surface area contributed by atoms with Crippen LogP contribution in [0.3, 0.4) is 0 Å². The summed E-state index contributed by atoms with van der Waals surface area (Å²) in [7, 11) is 3.95. The van der Waals surface area contributed by atoms with Crippen molar-refractivity contribution in [3.05, 3.63) is 64.8 Å². The van der Waals surface area contributed by atoms with Crippen LogP contribution >= 0.6 is 15.9 Å². The van der Waals surface area contributed by atoms with E-state index in [0.29, 0.717) is 0 Å². The average molecular weight is 360 g/mol. The third kappa shape index (κ3) is 4.93. The monoisotopic (exact) mass is 359 g/mol. The number of urea groups is 1. The Hall–Kier alpha value is -2.27. The number of nitrogens with zero attached hydrogens (tertiary/aromatic N) is 1. The lowest BCUT2D eigenvalue weighted by Crippen LogP contribution is -2.23. The molecule has 2 aromatic rings. The van der Waals surface area contributed by atoms with Crippen LogP contribution in [0.2, 0.25) is 0 Å². The molecule has 0 aliphatic heterocycles. The molecule has 0 aromatic heterocycles. The van der Waals surface area contributed by atoms with E-state index in [1.54, 1.807) is 6.20 Å². The lowest BCUT2D eigenvalue weighted by Gasteiger charge is -2.12. The van der Waals surface area contributed by atoms with E-state index in [1.807, 2.05) is 73.6 Å². The highest BCUT2D eigenvalue weighted by molar-refractivity contribution is 9.10. The van der Waals surface area contributed by atoms with E-state index in [-0.39, 0.29) is 6.03 Å². The molecule has 0 unspecified atom stereocenters. The molecule has 22 heavy (non-hydrogen) atoms. The van der Waals surface area contributed by atoms with Crippen molar-refractivity contribution in [2.45, 2.75) is 0 Å². The molecule has 0 saturated heterocycles. The van der Waals surface area contributed by atoms with Gasteiger partial charge in [0, 0.05) is 36.1 Å². The van der Waals surface area contributed by atoms with Crippen LogP contribution in [0.25, 0.3) is 6.08 Å². The molecule has 0 spiro atoms. The molecule has 0 atom stereocenters. The van der Waals surface area contributed by atoms with Crippen LogP contribution in [0.15, 0.2) is 59.2 Å². The predicted octanol–water partition coefficient (Wildman–Crippen LogP) is 4.31. The average Bonchev–Trinajstić information content (AvgIpc) is 2.48. The Kier molecular flexibility index (Phi) is 5.61. The zero-order valence-corrected chi connectivity index (χ0v) is 14.1. The molecule has 2 N–H and O–H groups in total. The molecule has 5 heteroatoms. The van der Waals surface area contributed by atoms with Gasteiger partial charge in [0.1, 0.15) is 0 Å². The highest BCUT2D eigenvalue weighted by Crippen LogP contribution is 2.15. The van der Waals surface area contributed by atoms with E-state index in [0.717, 1.165) is 21.4 Å². The normalized spacial score (nSPS) is 10.5. The summed E-state index contributed by atoms with van der Waals surface area (Å²) < 4.78 is 1.00. The van der Waals surface area contributed by atoms with Gasteiger partial charge in [-0.3, -0.25) is 0 Å². The van der Waals surface area contributed by atoms with Gasteiger partial charge < -0.3 is 15.5 Å². The molecule has 114 valence electrons. The van der Waals surface area contributed by atoms with Crippen LogP contribution in [-0.2, 0) is 0 Å². The molecule has 0 heterocycles. The summed E-state index contributed by atoms with van der Waals surface area (Å²) in [6.07, 6.45) is 3.45. The minimum atomic E-state index is -0.274. The Morgan fingerprint density at radius 3 is 2.50 bits per heavy atom. The molecule has 0 saturated carbocycles. The molecular weight excluding hydrogens is 342 g/mol. The number of anilines is 2. The second-order valence-corrected chi connectivity index (χ2v) is 5.84. The quantitative estimate of drug-likeness (QED) is 0.854. The van der Waals surface area contributed by atoms with Crippen LogP contribution in [0, 0.1) is 0 Å². The first-order chi connectivity index (χ1) is 10.5. The fourth-order valence-corrected chi connectivity index (χ4v) is 2.25. The third-order valence-electron chi connectivity index (χ3n) is 2.98. The highest BCUT2D eigenvalue weighted by atomic mass is 79.9. The Balaban J connectivity index is 1.87. The first-order valence-electron chi connectivity index (χ1n) is 6.81. The molecule has 0 radical (unpaired) electrons. The van der Waals surface area contributed by atoms with Gasteiger partial charge in [-0.1, -0.05) is 28.1 Å². The molecule has 0 aliphatic rings. The lowest BCUT2D eigenvalue weighted by atomic mass is 10.2. The fraction of sp³-hybridized carbons (Fsp3) is 0.118. The highest BCUT2D eigenvalue weighted by Gasteiger charge is 2.00. The largest absolute Gasteiger partial charge is 0.378 e. The van der Waals surface area contributed by atoms with Gasteiger partial charge in [-0.25, -0.2) is 4.79 Å². The van der Waals surface area contributed by atoms with Crippen LogP contribution < -0.4 is 15.5 Å². The minimum Gasteiger partial charge on any atom is -0.378 e. The van der Waals surface area contributed by atoms with E-state index in [1.165, 1.54) is 0 Å². The van der Waals surface area contributed by atoms with Crippen molar-refractivity contribution >= 4 is 39.4 Å². The van der Waals surface area contributed by atoms with Crippen LogP contribution in [-0.4, -0.2) is 20.1 Å². The van der Waals surface area contributed by atoms with Crippen molar-refractivity contribution in [1.29, 1.82) is 0 Å². The standard InChI is InChI=1S/C17H18BrN3O/c1-21(2)16-8-6-15(7-9-16)20-17(22)19-11-10-13-4-3-5-14(18)12-13/h3-12H,1-2H3,(H2,19,20,22)/b11-10+. The summed E-state index contributed by atoms with van der Waals surface area (Å²) >= 11 is 3.41. The number of hydrogen-bond acceptors (Lipinski definition) is 2. The summed E-state index contributed by atoms with van der Waals surface area (Å²) in [5, 5.41) is 5.46. The Bertz CT molecular complexity index is 666. The second kappa shape index (κ2) is 7.66. The van der Waals surface area contributed by atoms with Gasteiger partial charge in [0.2, 0.25) is 0 Å². The topological polar surface area (TPSA) is 44.4 Å². The third-order valence-corrected chi connectivity index (χ3v) is 3.47. The van der Waals surface area contributed by atoms with Gasteiger partial charge in [0.05, 0.1) is 0 Å². The maximum absolute atomic E-state index is 11.8. The Labute approximate surface area is 139 Å². The van der Waals surface area contributed by atoms with E-state index in [4.69, 9.17) is 0 Å². The summed E-state index contributed by atoms with van der Waals surface area (Å²) in [5.74, 6) is 0. The Morgan fingerprint density at radius 1 is 1.14 bits per heavy atom. The zero-order chi connectivity index (χ0) is 15.9. The fourth-order valence-electron chi connectivity index (χ4n) is 1.83. The zero-order valence-electron chi connectivity index (χ0n) is 12.5. The van der Waals surface area contributed by atoms with Crippen molar-refractivity contribution < 1.29 is 4.79 Å². The SMILES string of the molecule is CN(C)c1ccc(NC(=O)N/C=C/c2cccc(Br)c2)cc1. The van der Waals surface area contributed by atoms with Crippen LogP contribution in [0.1, 0.15) is 5.56 Å². The lowest BCUT2D eigenvalue weighted by molar-refractivity contribution is 0.255. The summed E-state index contributed by atoms with van der Waals surface area (Å²) in [5.41, 5.74) is 2.84. The first kappa shape index (κ1) is 16.1. The number of carbonyl (C=O) groups excluding carboxylic acids is 1. The number of halogens is 1. The van der Waals surface area contributed by atoms with E-state index in [2.05, 4.69) is 26.6 Å². The van der Waals surface area contributed by atoms with Gasteiger partial charge in [-0.15, -0.1) is 0 Å². The molecule has 0 aliphatic carbocycles. The number of hydrogen-bond donors (Lipinski definition) is 2. The molecule has 2 aromatic carbocycles. The number of nitrogens with one attached hydrogen (secondary N) is 2. The van der Waals surface area contributed by atoms with Crippen molar-refractivity contribution in [2.75, 3.05) is 24.3 Å². The molecule has 0 fully saturated rings. The van der Waals surface area contributed by atoms with Gasteiger partial charge in [-0.05, 0) is 48.0 Å². The molecule has 2 rings (SSSR count). The van der Waals surface area contributed by atoms with E-state index in [9.17, 15) is 4.79 Å². The van der Waals surface area contributed by atoms with Gasteiger partial charge in [0.25, 0.3) is 0 Å². The molecule has 0 bridgehead atoms. The molecular formula is C17H18BrN3O. The van der Waals surface area contributed by atoms with Crippen molar-refractivity contribution in [1.82, 2.24) is 5.32 Å². The summed E-state index contributed by atoms with van der Waals surface area (Å²) in [6, 6.07) is 15.2. The van der Waals surface area contributed by atoms with Crippen molar-refractivity contribution in [2.24, 2.45) is 0 Å². The molecule has 2 amide bonds. The van der Waals surface area contributed by atoms with Crippen LogP contribution in [0.4, 0.5) is 16.2 Å². The van der Waals surface area contributed by atoms with E-state index >= 15 is 0 Å². The summed E-state index contributed by atoms with van der Waals surface area (Å²) in [6.45, 7) is 0. The first-order valence-corrected chi connectivity index (χ1v) is 7.61. The number of carbonyl (C=O) groups is 1. The Morgan fingerprint density at radius 2 is 1.86 bits per heavy atom. The number of rotatable bonds is 4. The van der Waals surface area contributed by atoms with Gasteiger partial charge in [-0.2, -0.15) is 0 Å². The second-order valence-electron chi connectivity index (χ2n) is 4.93. The maximum Gasteiger partial charge on any atom is 0.323 e. The number of benzene rings is 2. The summed E-state index contributed by atoms with van der Waals surface area (Å²) in [4.78, 5) is 13.8. The van der Waals surface area contributed by atoms with Gasteiger partial charge in [0.15, 0.2) is 0 Å². The van der Waals surface area contributed by atoms with Gasteiger partial charge >= 0.3 is 6.03 Å².